The van der Waals surface area contributed by atoms with E-state index in [4.69, 9.17) is 0 Å². The van der Waals surface area contributed by atoms with E-state index in [1.807, 2.05) is 0 Å². The fraction of sp³-hybridized carbons (Fsp3) is 0.500. The summed E-state index contributed by atoms with van der Waals surface area (Å²) in [7, 11) is 0. The Kier molecular flexibility index (Phi) is 6.71. The third kappa shape index (κ3) is 5.22. The Morgan fingerprint density at radius 3 is 2.24 bits per heavy atom. The smallest absolute Gasteiger partial charge is 0.0585 e. The summed E-state index contributed by atoms with van der Waals surface area (Å²) in [4.78, 5) is 6.33. The molecule has 0 heterocycles. The number of rotatable bonds is 7. The van der Waals surface area contributed by atoms with Crippen molar-refractivity contribution >= 4 is 17.4 Å². The molecule has 0 spiro atoms. The second-order valence-corrected chi connectivity index (χ2v) is 4.18. The van der Waals surface area contributed by atoms with Gasteiger partial charge in [0.1, 0.15) is 0 Å². The van der Waals surface area contributed by atoms with Crippen LogP contribution in [-0.2, 0) is 13.0 Å². The maximum Gasteiger partial charge on any atom is 0.0585 e. The molecule has 1 rings (SSSR count). The van der Waals surface area contributed by atoms with E-state index < -0.39 is 0 Å². The first-order chi connectivity index (χ1) is 8.30. The van der Waals surface area contributed by atoms with Crippen LogP contribution in [0, 0.1) is 0 Å². The van der Waals surface area contributed by atoms with Crippen molar-refractivity contribution < 1.29 is 0 Å². The second kappa shape index (κ2) is 8.13. The maximum atomic E-state index is 4.54. The summed E-state index contributed by atoms with van der Waals surface area (Å²) >= 11 is 4.54. The molecule has 0 unspecified atom stereocenters. The SMILES string of the molecule is CCN(CC)Cc1ccc(CCN=C=S)cc1. The number of benzene rings is 1. The predicted molar refractivity (Wildman–Crippen MR) is 76.7 cm³/mol. The molecule has 0 atom stereocenters. The Hall–Kier alpha value is -1.02. The summed E-state index contributed by atoms with van der Waals surface area (Å²) in [6, 6.07) is 8.76. The Balaban J connectivity index is 2.52. The van der Waals surface area contributed by atoms with E-state index in [0.29, 0.717) is 0 Å². The fourth-order valence-corrected chi connectivity index (χ4v) is 1.84. The average molecular weight is 248 g/mol. The van der Waals surface area contributed by atoms with Gasteiger partial charge in [0.05, 0.1) is 11.7 Å². The van der Waals surface area contributed by atoms with Gasteiger partial charge in [-0.05, 0) is 42.9 Å². The lowest BCUT2D eigenvalue weighted by Gasteiger charge is -2.18. The maximum absolute atomic E-state index is 4.54. The summed E-state index contributed by atoms with van der Waals surface area (Å²) < 4.78 is 0. The lowest BCUT2D eigenvalue weighted by Crippen LogP contribution is -2.22. The van der Waals surface area contributed by atoms with E-state index in [1.165, 1.54) is 11.1 Å². The third-order valence-corrected chi connectivity index (χ3v) is 3.03. The third-order valence-electron chi connectivity index (χ3n) is 2.90. The quantitative estimate of drug-likeness (QED) is 0.544. The predicted octanol–water partition coefficient (Wildman–Crippen LogP) is 3.17. The van der Waals surface area contributed by atoms with Crippen LogP contribution in [0.4, 0.5) is 0 Å². The van der Waals surface area contributed by atoms with Crippen LogP contribution >= 0.6 is 12.2 Å². The van der Waals surface area contributed by atoms with Gasteiger partial charge in [0.25, 0.3) is 0 Å². The Morgan fingerprint density at radius 1 is 1.12 bits per heavy atom. The molecule has 0 bridgehead atoms. The molecule has 0 aliphatic carbocycles. The first-order valence-electron chi connectivity index (χ1n) is 6.14. The number of hydrogen-bond donors (Lipinski definition) is 0. The summed E-state index contributed by atoms with van der Waals surface area (Å²) in [5, 5.41) is 2.39. The number of isothiocyanates is 1. The van der Waals surface area contributed by atoms with Crippen LogP contribution in [0.15, 0.2) is 29.3 Å². The van der Waals surface area contributed by atoms with Gasteiger partial charge in [-0.3, -0.25) is 4.90 Å². The van der Waals surface area contributed by atoms with Crippen LogP contribution in [0.3, 0.4) is 0 Å². The molecule has 0 saturated carbocycles. The van der Waals surface area contributed by atoms with Crippen molar-refractivity contribution in [1.29, 1.82) is 0 Å². The van der Waals surface area contributed by atoms with Crippen molar-refractivity contribution in [2.24, 2.45) is 4.99 Å². The first kappa shape index (κ1) is 14.0. The molecule has 0 radical (unpaired) electrons. The molecule has 0 fully saturated rings. The molecule has 1 aromatic carbocycles. The number of aliphatic imine (C=N–C) groups is 1. The molecule has 0 aliphatic rings. The molecule has 0 amide bonds. The standard InChI is InChI=1S/C14H20N2S/c1-3-16(4-2)11-14-7-5-13(6-8-14)9-10-15-12-17/h5-8H,3-4,9-11H2,1-2H3. The Labute approximate surface area is 109 Å². The highest BCUT2D eigenvalue weighted by atomic mass is 32.1. The van der Waals surface area contributed by atoms with Gasteiger partial charge in [-0.1, -0.05) is 38.1 Å². The first-order valence-corrected chi connectivity index (χ1v) is 6.54. The van der Waals surface area contributed by atoms with Gasteiger partial charge in [-0.25, -0.2) is 4.99 Å². The van der Waals surface area contributed by atoms with Crippen molar-refractivity contribution in [2.45, 2.75) is 26.8 Å². The summed E-state index contributed by atoms with van der Waals surface area (Å²) in [6.45, 7) is 8.36. The van der Waals surface area contributed by atoms with Crippen molar-refractivity contribution in [1.82, 2.24) is 4.90 Å². The summed E-state index contributed by atoms with van der Waals surface area (Å²) in [5.74, 6) is 0. The minimum absolute atomic E-state index is 0.735. The second-order valence-electron chi connectivity index (χ2n) is 4.00. The van der Waals surface area contributed by atoms with Gasteiger partial charge in [0.15, 0.2) is 0 Å². The van der Waals surface area contributed by atoms with Crippen molar-refractivity contribution in [3.63, 3.8) is 0 Å². The van der Waals surface area contributed by atoms with Crippen LogP contribution in [0.1, 0.15) is 25.0 Å². The molecule has 92 valence electrons. The van der Waals surface area contributed by atoms with Crippen LogP contribution < -0.4 is 0 Å². The van der Waals surface area contributed by atoms with Crippen LogP contribution in [-0.4, -0.2) is 29.7 Å². The largest absolute Gasteiger partial charge is 0.300 e. The van der Waals surface area contributed by atoms with Crippen molar-refractivity contribution in [3.8, 4) is 0 Å². The van der Waals surface area contributed by atoms with E-state index >= 15 is 0 Å². The van der Waals surface area contributed by atoms with E-state index in [1.54, 1.807) is 0 Å². The molecule has 1 aromatic rings. The topological polar surface area (TPSA) is 15.6 Å². The van der Waals surface area contributed by atoms with Gasteiger partial charge >= 0.3 is 0 Å². The number of thiocarbonyl (C=S) groups is 1. The zero-order valence-corrected chi connectivity index (χ0v) is 11.5. The van der Waals surface area contributed by atoms with Gasteiger partial charge in [0.2, 0.25) is 0 Å². The monoisotopic (exact) mass is 248 g/mol. The van der Waals surface area contributed by atoms with Crippen LogP contribution in [0.2, 0.25) is 0 Å². The molecular weight excluding hydrogens is 228 g/mol. The Morgan fingerprint density at radius 2 is 1.71 bits per heavy atom. The van der Waals surface area contributed by atoms with Crippen LogP contribution in [0.5, 0.6) is 0 Å². The number of hydrogen-bond acceptors (Lipinski definition) is 3. The summed E-state index contributed by atoms with van der Waals surface area (Å²) in [5.41, 5.74) is 2.68. The zero-order valence-electron chi connectivity index (χ0n) is 10.6. The van der Waals surface area contributed by atoms with Crippen LogP contribution in [0.25, 0.3) is 0 Å². The molecule has 3 heteroatoms. The lowest BCUT2D eigenvalue weighted by atomic mass is 10.1. The Bertz CT molecular complexity index is 362. The van der Waals surface area contributed by atoms with Crippen molar-refractivity contribution in [3.05, 3.63) is 35.4 Å². The number of nitrogens with zero attached hydrogens (tertiary/aromatic N) is 2. The molecule has 0 aromatic heterocycles. The average Bonchev–Trinajstić information content (AvgIpc) is 2.38. The van der Waals surface area contributed by atoms with Gasteiger partial charge < -0.3 is 0 Å². The minimum atomic E-state index is 0.735. The van der Waals surface area contributed by atoms with E-state index in [9.17, 15) is 0 Å². The molecule has 0 aliphatic heterocycles. The molecule has 0 N–H and O–H groups in total. The highest BCUT2D eigenvalue weighted by Crippen LogP contribution is 2.08. The van der Waals surface area contributed by atoms with Gasteiger partial charge in [0, 0.05) is 6.54 Å². The highest BCUT2D eigenvalue weighted by molar-refractivity contribution is 7.78. The fourth-order valence-electron chi connectivity index (χ4n) is 1.75. The van der Waals surface area contributed by atoms with E-state index in [0.717, 1.165) is 32.6 Å². The molecule has 0 saturated heterocycles. The lowest BCUT2D eigenvalue weighted by molar-refractivity contribution is 0.296. The normalized spacial score (nSPS) is 10.3. The van der Waals surface area contributed by atoms with Crippen molar-refractivity contribution in [2.75, 3.05) is 19.6 Å². The van der Waals surface area contributed by atoms with E-state index in [2.05, 4.69) is 65.4 Å². The minimum Gasteiger partial charge on any atom is -0.300 e. The zero-order chi connectivity index (χ0) is 12.5. The summed E-state index contributed by atoms with van der Waals surface area (Å²) in [6.07, 6.45) is 0.940. The molecular formula is C14H20N2S. The molecule has 2 nitrogen and oxygen atoms in total. The molecule has 17 heavy (non-hydrogen) atoms. The van der Waals surface area contributed by atoms with Gasteiger partial charge in [-0.2, -0.15) is 0 Å². The van der Waals surface area contributed by atoms with E-state index in [-0.39, 0.29) is 0 Å². The van der Waals surface area contributed by atoms with Gasteiger partial charge in [-0.15, -0.1) is 0 Å². The highest BCUT2D eigenvalue weighted by Gasteiger charge is 2.00.